The van der Waals surface area contributed by atoms with E-state index in [-0.39, 0.29) is 29.4 Å². The van der Waals surface area contributed by atoms with Crippen LogP contribution >= 0.6 is 0 Å². The summed E-state index contributed by atoms with van der Waals surface area (Å²) < 4.78 is 5.08. The van der Waals surface area contributed by atoms with Gasteiger partial charge in [0.15, 0.2) is 6.61 Å². The van der Waals surface area contributed by atoms with E-state index in [1.807, 2.05) is 20.8 Å². The maximum Gasteiger partial charge on any atom is 0.338 e. The lowest BCUT2D eigenvalue weighted by molar-refractivity contribution is -0.140. The van der Waals surface area contributed by atoms with Crippen LogP contribution in [0.1, 0.15) is 69.7 Å². The van der Waals surface area contributed by atoms with Crippen molar-refractivity contribution >= 4 is 23.5 Å². The molecule has 0 atom stereocenters. The largest absolute Gasteiger partial charge is 0.452 e. The third-order valence-electron chi connectivity index (χ3n) is 6.75. The number of nitrogens with one attached hydrogen (secondary N) is 2. The Balaban J connectivity index is 1.32. The monoisotopic (exact) mass is 412 g/mol. The Labute approximate surface area is 178 Å². The molecular formula is C24H32N2O4. The van der Waals surface area contributed by atoms with Crippen LogP contribution in [0, 0.1) is 23.2 Å². The number of esters is 1. The number of anilines is 1. The van der Waals surface area contributed by atoms with Gasteiger partial charge in [0, 0.05) is 11.2 Å². The van der Waals surface area contributed by atoms with E-state index in [2.05, 4.69) is 10.6 Å². The van der Waals surface area contributed by atoms with Gasteiger partial charge in [-0.05, 0) is 101 Å². The molecule has 162 valence electrons. The average Bonchev–Trinajstić information content (AvgIpc) is 2.64. The number of hydrogen-bond donors (Lipinski definition) is 2. The molecule has 2 amide bonds. The first-order valence-electron chi connectivity index (χ1n) is 11.0. The summed E-state index contributed by atoms with van der Waals surface area (Å²) >= 11 is 0. The Morgan fingerprint density at radius 1 is 0.967 bits per heavy atom. The summed E-state index contributed by atoms with van der Waals surface area (Å²) in [6.07, 6.45) is 6.97. The minimum absolute atomic E-state index is 0.135. The number of ether oxygens (including phenoxy) is 1. The third-order valence-corrected chi connectivity index (χ3v) is 6.75. The maximum atomic E-state index is 13.1. The molecule has 4 saturated carbocycles. The molecule has 6 nitrogen and oxygen atoms in total. The summed E-state index contributed by atoms with van der Waals surface area (Å²) in [5.74, 6) is 1.39. The molecule has 30 heavy (non-hydrogen) atoms. The first kappa shape index (κ1) is 20.9. The van der Waals surface area contributed by atoms with Crippen molar-refractivity contribution in [3.8, 4) is 0 Å². The van der Waals surface area contributed by atoms with E-state index in [1.54, 1.807) is 24.3 Å². The predicted octanol–water partition coefficient (Wildman–Crippen LogP) is 3.91. The van der Waals surface area contributed by atoms with E-state index in [1.165, 1.54) is 19.3 Å². The first-order valence-corrected chi connectivity index (χ1v) is 11.0. The van der Waals surface area contributed by atoms with Gasteiger partial charge < -0.3 is 15.4 Å². The van der Waals surface area contributed by atoms with Crippen LogP contribution in [0.4, 0.5) is 5.69 Å². The van der Waals surface area contributed by atoms with Gasteiger partial charge in [-0.2, -0.15) is 0 Å². The van der Waals surface area contributed by atoms with E-state index in [0.717, 1.165) is 37.0 Å². The van der Waals surface area contributed by atoms with Crippen molar-refractivity contribution in [2.75, 3.05) is 11.9 Å². The summed E-state index contributed by atoms with van der Waals surface area (Å²) in [5.41, 5.74) is 0.469. The Morgan fingerprint density at radius 3 is 2.00 bits per heavy atom. The molecule has 0 aromatic heterocycles. The highest BCUT2D eigenvalue weighted by Crippen LogP contribution is 2.60. The topological polar surface area (TPSA) is 84.5 Å². The van der Waals surface area contributed by atoms with Gasteiger partial charge in [0.2, 0.25) is 5.91 Å². The van der Waals surface area contributed by atoms with Gasteiger partial charge in [-0.1, -0.05) is 0 Å². The number of amides is 2. The van der Waals surface area contributed by atoms with Gasteiger partial charge in [0.25, 0.3) is 5.91 Å². The van der Waals surface area contributed by atoms with Gasteiger partial charge >= 0.3 is 5.97 Å². The summed E-state index contributed by atoms with van der Waals surface area (Å²) in [5, 5.41) is 5.83. The van der Waals surface area contributed by atoms with E-state index >= 15 is 0 Å². The molecule has 4 aliphatic carbocycles. The predicted molar refractivity (Wildman–Crippen MR) is 114 cm³/mol. The molecule has 4 bridgehead atoms. The van der Waals surface area contributed by atoms with Gasteiger partial charge in [-0.3, -0.25) is 9.59 Å². The normalized spacial score (nSPS) is 29.4. The van der Waals surface area contributed by atoms with E-state index in [4.69, 9.17) is 4.74 Å². The highest BCUT2D eigenvalue weighted by Gasteiger charge is 2.54. The van der Waals surface area contributed by atoms with Crippen LogP contribution in [-0.2, 0) is 14.3 Å². The smallest absolute Gasteiger partial charge is 0.338 e. The zero-order chi connectivity index (χ0) is 21.5. The van der Waals surface area contributed by atoms with E-state index in [0.29, 0.717) is 11.3 Å². The first-order chi connectivity index (χ1) is 14.1. The van der Waals surface area contributed by atoms with Crippen LogP contribution in [-0.4, -0.2) is 29.9 Å². The van der Waals surface area contributed by atoms with Crippen LogP contribution in [0.25, 0.3) is 0 Å². The van der Waals surface area contributed by atoms with Crippen molar-refractivity contribution in [1.82, 2.24) is 5.32 Å². The number of benzene rings is 1. The Hall–Kier alpha value is -2.37. The van der Waals surface area contributed by atoms with Crippen LogP contribution in [0.2, 0.25) is 0 Å². The quantitative estimate of drug-likeness (QED) is 0.718. The molecule has 0 saturated heterocycles. The Kier molecular flexibility index (Phi) is 5.37. The summed E-state index contributed by atoms with van der Waals surface area (Å²) in [6.45, 7) is 5.27. The van der Waals surface area contributed by atoms with Gasteiger partial charge in [0.05, 0.1) is 11.0 Å². The zero-order valence-corrected chi connectivity index (χ0v) is 18.1. The number of hydrogen-bond acceptors (Lipinski definition) is 4. The van der Waals surface area contributed by atoms with Crippen molar-refractivity contribution in [2.45, 2.75) is 64.8 Å². The highest BCUT2D eigenvalue weighted by atomic mass is 16.5. The fourth-order valence-electron chi connectivity index (χ4n) is 6.01. The molecule has 0 aliphatic heterocycles. The number of rotatable bonds is 5. The van der Waals surface area contributed by atoms with Crippen molar-refractivity contribution in [3.05, 3.63) is 29.8 Å². The summed E-state index contributed by atoms with van der Waals surface area (Å²) in [4.78, 5) is 37.1. The van der Waals surface area contributed by atoms with Crippen molar-refractivity contribution < 1.29 is 19.1 Å². The lowest BCUT2D eigenvalue weighted by atomic mass is 9.49. The number of carbonyl (C=O) groups excluding carboxylic acids is 3. The standard InChI is InChI=1S/C24H32N2O4/c1-23(2,3)26-20(27)14-30-21(28)18-4-6-19(7-5-18)25-22(29)24-11-15-8-16(12-24)10-17(9-15)13-24/h4-7,15-17H,8-14H2,1-3H3,(H,25,29)(H,26,27). The molecule has 0 radical (unpaired) electrons. The second-order valence-corrected chi connectivity index (χ2v) is 10.6. The second-order valence-electron chi connectivity index (χ2n) is 10.6. The molecule has 2 N–H and O–H groups in total. The Bertz CT molecular complexity index is 802. The lowest BCUT2D eigenvalue weighted by Gasteiger charge is -2.55. The average molecular weight is 413 g/mol. The van der Waals surface area contributed by atoms with Crippen molar-refractivity contribution in [3.63, 3.8) is 0 Å². The highest BCUT2D eigenvalue weighted by molar-refractivity contribution is 5.96. The number of carbonyl (C=O) groups is 3. The van der Waals surface area contributed by atoms with Crippen LogP contribution in [0.3, 0.4) is 0 Å². The fourth-order valence-corrected chi connectivity index (χ4v) is 6.01. The molecule has 0 spiro atoms. The van der Waals surface area contributed by atoms with Crippen LogP contribution in [0.15, 0.2) is 24.3 Å². The third kappa shape index (κ3) is 4.52. The molecule has 0 unspecified atom stereocenters. The molecule has 6 heteroatoms. The van der Waals surface area contributed by atoms with Gasteiger partial charge in [-0.15, -0.1) is 0 Å². The van der Waals surface area contributed by atoms with Gasteiger partial charge in [-0.25, -0.2) is 4.79 Å². The minimum atomic E-state index is -0.557. The second kappa shape index (κ2) is 7.71. The van der Waals surface area contributed by atoms with Crippen LogP contribution in [0.5, 0.6) is 0 Å². The van der Waals surface area contributed by atoms with E-state index in [9.17, 15) is 14.4 Å². The van der Waals surface area contributed by atoms with E-state index < -0.39 is 5.97 Å². The SMILES string of the molecule is CC(C)(C)NC(=O)COC(=O)c1ccc(NC(=O)C23CC4CC(CC(C4)C2)C3)cc1. The molecule has 5 rings (SSSR count). The van der Waals surface area contributed by atoms with Gasteiger partial charge in [0.1, 0.15) is 0 Å². The molecule has 1 aromatic carbocycles. The van der Waals surface area contributed by atoms with Crippen molar-refractivity contribution in [1.29, 1.82) is 0 Å². The summed E-state index contributed by atoms with van der Waals surface area (Å²) in [6, 6.07) is 6.70. The minimum Gasteiger partial charge on any atom is -0.452 e. The molecule has 1 aromatic rings. The van der Waals surface area contributed by atoms with Crippen molar-refractivity contribution in [2.24, 2.45) is 23.2 Å². The lowest BCUT2D eigenvalue weighted by Crippen LogP contribution is -2.51. The molecule has 0 heterocycles. The van der Waals surface area contributed by atoms with Crippen LogP contribution < -0.4 is 10.6 Å². The molecule has 4 aliphatic rings. The molecular weight excluding hydrogens is 380 g/mol. The zero-order valence-electron chi connectivity index (χ0n) is 18.1. The summed E-state index contributed by atoms with van der Waals surface area (Å²) in [7, 11) is 0. The Morgan fingerprint density at radius 2 is 1.50 bits per heavy atom. The maximum absolute atomic E-state index is 13.1. The fraction of sp³-hybridized carbons (Fsp3) is 0.625. The molecule has 4 fully saturated rings.